The summed E-state index contributed by atoms with van der Waals surface area (Å²) >= 11 is 0. The third kappa shape index (κ3) is 3.76. The Morgan fingerprint density at radius 1 is 0.905 bits per heavy atom. The van der Waals surface area contributed by atoms with Crippen molar-refractivity contribution in [3.8, 4) is 0 Å². The largest absolute Gasteiger partial charge is 0.399 e. The summed E-state index contributed by atoms with van der Waals surface area (Å²) in [5.74, 6) is 0. The van der Waals surface area contributed by atoms with Crippen molar-refractivity contribution in [1.29, 1.82) is 0 Å². The number of nitrogens with two attached hydrogens (primary N) is 1. The van der Waals surface area contributed by atoms with E-state index in [2.05, 4.69) is 47.4 Å². The summed E-state index contributed by atoms with van der Waals surface area (Å²) in [5, 5.41) is 0. The molecule has 2 aromatic carbocycles. The van der Waals surface area contributed by atoms with Gasteiger partial charge in [0.25, 0.3) is 0 Å². The lowest BCUT2D eigenvalue weighted by Crippen LogP contribution is -3.15. The molecular weight excluding hydrogens is 258 g/mol. The van der Waals surface area contributed by atoms with E-state index in [1.165, 1.54) is 37.3 Å². The normalized spacial score (nSPS) is 16.1. The Hall–Kier alpha value is -2.00. The molecule has 1 heterocycles. The van der Waals surface area contributed by atoms with E-state index in [0.29, 0.717) is 0 Å². The molecule has 0 radical (unpaired) electrons. The van der Waals surface area contributed by atoms with Gasteiger partial charge in [0.2, 0.25) is 0 Å². The van der Waals surface area contributed by atoms with Gasteiger partial charge in [-0.1, -0.05) is 30.3 Å². The minimum absolute atomic E-state index is 0.839. The molecule has 0 spiro atoms. The zero-order chi connectivity index (χ0) is 14.5. The molecule has 21 heavy (non-hydrogen) atoms. The zero-order valence-corrected chi connectivity index (χ0v) is 12.5. The van der Waals surface area contributed by atoms with Crippen LogP contribution >= 0.6 is 0 Å². The number of nitrogens with one attached hydrogen (secondary N) is 1. The van der Waals surface area contributed by atoms with Gasteiger partial charge >= 0.3 is 0 Å². The van der Waals surface area contributed by atoms with E-state index in [-0.39, 0.29) is 0 Å². The van der Waals surface area contributed by atoms with Crippen LogP contribution in [0, 0.1) is 0 Å². The van der Waals surface area contributed by atoms with Gasteiger partial charge in [0, 0.05) is 17.8 Å². The van der Waals surface area contributed by atoms with E-state index in [0.717, 1.165) is 18.8 Å². The molecule has 0 saturated carbocycles. The van der Waals surface area contributed by atoms with Gasteiger partial charge in [-0.3, -0.25) is 0 Å². The Morgan fingerprint density at radius 3 is 2.24 bits per heavy atom. The molecule has 1 aliphatic heterocycles. The summed E-state index contributed by atoms with van der Waals surface area (Å²) in [5.41, 5.74) is 9.34. The Morgan fingerprint density at radius 2 is 1.57 bits per heavy atom. The molecule has 0 bridgehead atoms. The molecule has 0 amide bonds. The van der Waals surface area contributed by atoms with Crippen LogP contribution in [0.4, 0.5) is 11.4 Å². The lowest BCUT2D eigenvalue weighted by atomic mass is 10.1. The van der Waals surface area contributed by atoms with Crippen molar-refractivity contribution < 1.29 is 4.90 Å². The smallest absolute Gasteiger partial charge is 0.0949 e. The van der Waals surface area contributed by atoms with E-state index in [4.69, 9.17) is 5.73 Å². The molecule has 1 aliphatic rings. The molecule has 110 valence electrons. The first kappa shape index (κ1) is 14.0. The third-order valence-electron chi connectivity index (χ3n) is 4.34. The highest BCUT2D eigenvalue weighted by atomic mass is 15.3. The van der Waals surface area contributed by atoms with Gasteiger partial charge in [0.05, 0.1) is 32.7 Å². The topological polar surface area (TPSA) is 33.7 Å². The van der Waals surface area contributed by atoms with E-state index in [1.807, 2.05) is 12.1 Å². The molecule has 3 rings (SSSR count). The predicted molar refractivity (Wildman–Crippen MR) is 88.8 cm³/mol. The Bertz CT molecular complexity index is 542. The summed E-state index contributed by atoms with van der Waals surface area (Å²) < 4.78 is 0. The molecule has 3 nitrogen and oxygen atoms in total. The van der Waals surface area contributed by atoms with Crippen LogP contribution in [0.1, 0.15) is 5.56 Å². The van der Waals surface area contributed by atoms with Gasteiger partial charge in [0.15, 0.2) is 0 Å². The first-order valence-corrected chi connectivity index (χ1v) is 7.79. The average molecular weight is 282 g/mol. The van der Waals surface area contributed by atoms with Gasteiger partial charge in [-0.2, -0.15) is 0 Å². The number of anilines is 2. The summed E-state index contributed by atoms with van der Waals surface area (Å²) in [6.07, 6.45) is 1.18. The summed E-state index contributed by atoms with van der Waals surface area (Å²) in [7, 11) is 0. The number of nitrogen functional groups attached to an aromatic ring is 1. The monoisotopic (exact) mass is 282 g/mol. The van der Waals surface area contributed by atoms with Crippen molar-refractivity contribution >= 4 is 11.4 Å². The van der Waals surface area contributed by atoms with Gasteiger partial charge in [-0.05, 0) is 29.8 Å². The minimum Gasteiger partial charge on any atom is -0.399 e. The molecule has 2 aromatic rings. The highest BCUT2D eigenvalue weighted by Gasteiger charge is 2.19. The van der Waals surface area contributed by atoms with Crippen LogP contribution in [0.2, 0.25) is 0 Å². The van der Waals surface area contributed by atoms with E-state index < -0.39 is 0 Å². The first-order chi connectivity index (χ1) is 10.3. The van der Waals surface area contributed by atoms with Gasteiger partial charge in [-0.25, -0.2) is 0 Å². The van der Waals surface area contributed by atoms with Crippen molar-refractivity contribution in [3.05, 3.63) is 60.2 Å². The SMILES string of the molecule is Nc1ccc(N2CC[NH+](CCc3ccccc3)CC2)cc1. The molecule has 0 atom stereocenters. The van der Waals surface area contributed by atoms with Crippen LogP contribution in [0.5, 0.6) is 0 Å². The number of quaternary nitrogens is 1. The van der Waals surface area contributed by atoms with Crippen LogP contribution in [-0.2, 0) is 6.42 Å². The fourth-order valence-corrected chi connectivity index (χ4v) is 2.98. The maximum Gasteiger partial charge on any atom is 0.0949 e. The number of nitrogens with zero attached hydrogens (tertiary/aromatic N) is 1. The van der Waals surface area contributed by atoms with Crippen molar-refractivity contribution in [3.63, 3.8) is 0 Å². The fourth-order valence-electron chi connectivity index (χ4n) is 2.98. The standard InChI is InChI=1S/C18H23N3/c19-17-6-8-18(9-7-17)21-14-12-20(13-15-21)11-10-16-4-2-1-3-5-16/h1-9H,10-15,19H2/p+1. The summed E-state index contributed by atoms with van der Waals surface area (Å²) in [6.45, 7) is 5.94. The van der Waals surface area contributed by atoms with E-state index in [1.54, 1.807) is 4.90 Å². The molecule has 3 N–H and O–H groups in total. The second-order valence-electron chi connectivity index (χ2n) is 5.81. The van der Waals surface area contributed by atoms with Gasteiger partial charge in [-0.15, -0.1) is 0 Å². The number of piperazine rings is 1. The highest BCUT2D eigenvalue weighted by molar-refractivity contribution is 5.53. The molecule has 3 heteroatoms. The number of benzene rings is 2. The first-order valence-electron chi connectivity index (χ1n) is 7.79. The Balaban J connectivity index is 1.48. The average Bonchev–Trinajstić information content (AvgIpc) is 2.55. The zero-order valence-electron chi connectivity index (χ0n) is 12.5. The molecule has 1 saturated heterocycles. The third-order valence-corrected chi connectivity index (χ3v) is 4.34. The van der Waals surface area contributed by atoms with Crippen molar-refractivity contribution in [2.45, 2.75) is 6.42 Å². The van der Waals surface area contributed by atoms with Gasteiger partial charge < -0.3 is 15.5 Å². The fraction of sp³-hybridized carbons (Fsp3) is 0.333. The van der Waals surface area contributed by atoms with E-state index in [9.17, 15) is 0 Å². The second kappa shape index (κ2) is 6.64. The van der Waals surface area contributed by atoms with E-state index >= 15 is 0 Å². The molecule has 0 aliphatic carbocycles. The van der Waals surface area contributed by atoms with Crippen molar-refractivity contribution in [2.75, 3.05) is 43.4 Å². The quantitative estimate of drug-likeness (QED) is 0.827. The van der Waals surface area contributed by atoms with Crippen LogP contribution in [0.25, 0.3) is 0 Å². The Kier molecular flexibility index (Phi) is 4.41. The van der Waals surface area contributed by atoms with Crippen molar-refractivity contribution in [1.82, 2.24) is 0 Å². The summed E-state index contributed by atoms with van der Waals surface area (Å²) in [4.78, 5) is 4.18. The molecule has 0 unspecified atom stereocenters. The molecular formula is C18H24N3+. The van der Waals surface area contributed by atoms with Crippen LogP contribution in [-0.4, -0.2) is 32.7 Å². The lowest BCUT2D eigenvalue weighted by Gasteiger charge is -2.33. The number of hydrogen-bond donors (Lipinski definition) is 2. The maximum absolute atomic E-state index is 5.75. The molecule has 0 aromatic heterocycles. The van der Waals surface area contributed by atoms with Crippen LogP contribution in [0.15, 0.2) is 54.6 Å². The minimum atomic E-state index is 0.839. The number of hydrogen-bond acceptors (Lipinski definition) is 2. The lowest BCUT2D eigenvalue weighted by molar-refractivity contribution is -0.900. The second-order valence-corrected chi connectivity index (χ2v) is 5.81. The Labute approximate surface area is 127 Å². The molecule has 1 fully saturated rings. The van der Waals surface area contributed by atoms with Crippen LogP contribution < -0.4 is 15.5 Å². The van der Waals surface area contributed by atoms with Crippen LogP contribution in [0.3, 0.4) is 0 Å². The maximum atomic E-state index is 5.75. The predicted octanol–water partition coefficient (Wildman–Crippen LogP) is 1.22. The summed E-state index contributed by atoms with van der Waals surface area (Å²) in [6, 6.07) is 19.0. The van der Waals surface area contributed by atoms with Crippen molar-refractivity contribution in [2.24, 2.45) is 0 Å². The highest BCUT2D eigenvalue weighted by Crippen LogP contribution is 2.15. The van der Waals surface area contributed by atoms with Gasteiger partial charge in [0.1, 0.15) is 0 Å². The number of rotatable bonds is 4.